The van der Waals surface area contributed by atoms with Gasteiger partial charge in [-0.3, -0.25) is 14.2 Å². The van der Waals surface area contributed by atoms with E-state index in [0.717, 1.165) is 16.7 Å². The summed E-state index contributed by atoms with van der Waals surface area (Å²) in [6, 6.07) is 4.43. The van der Waals surface area contributed by atoms with Crippen molar-refractivity contribution in [2.45, 2.75) is 70.4 Å². The molecular weight excluding hydrogens is 393 g/mol. The molecule has 1 atom stereocenters. The third-order valence-corrected chi connectivity index (χ3v) is 5.74. The molecule has 6 nitrogen and oxygen atoms in total. The van der Waals surface area contributed by atoms with Gasteiger partial charge in [0.1, 0.15) is 11.4 Å². The van der Waals surface area contributed by atoms with E-state index in [1.54, 1.807) is 20.9 Å². The Morgan fingerprint density at radius 2 is 1.72 bits per heavy atom. The summed E-state index contributed by atoms with van der Waals surface area (Å²) in [5.41, 5.74) is 1.65. The van der Waals surface area contributed by atoms with E-state index in [1.807, 2.05) is 27.7 Å². The molecule has 0 bridgehead atoms. The number of carbonyl (C=O) groups is 1. The molecule has 0 spiro atoms. The molecule has 1 heterocycles. The summed E-state index contributed by atoms with van der Waals surface area (Å²) in [7, 11) is -0.230. The van der Waals surface area contributed by atoms with Crippen molar-refractivity contribution in [2.24, 2.45) is 7.05 Å². The Morgan fingerprint density at radius 3 is 2.14 bits per heavy atom. The summed E-state index contributed by atoms with van der Waals surface area (Å²) >= 11 is 0. The molecule has 0 fully saturated rings. The first-order valence-electron chi connectivity index (χ1n) is 9.61. The van der Waals surface area contributed by atoms with Crippen molar-refractivity contribution in [3.63, 3.8) is 0 Å². The molecule has 2 aromatic rings. The molecule has 0 saturated carbocycles. The zero-order valence-electron chi connectivity index (χ0n) is 18.0. The highest BCUT2D eigenvalue weighted by Crippen LogP contribution is 2.29. The van der Waals surface area contributed by atoms with E-state index in [2.05, 4.69) is 9.82 Å². The van der Waals surface area contributed by atoms with Gasteiger partial charge in [0.25, 0.3) is 0 Å². The minimum Gasteiger partial charge on any atom is -0.384 e. The third kappa shape index (κ3) is 5.51. The van der Waals surface area contributed by atoms with E-state index in [0.29, 0.717) is 5.69 Å². The van der Waals surface area contributed by atoms with E-state index in [9.17, 15) is 18.5 Å². The lowest BCUT2D eigenvalue weighted by molar-refractivity contribution is -0.118. The van der Waals surface area contributed by atoms with Crippen LogP contribution in [0.3, 0.4) is 0 Å². The van der Waals surface area contributed by atoms with Crippen LogP contribution in [0.2, 0.25) is 0 Å². The molecule has 2 N–H and O–H groups in total. The molecule has 1 aromatic carbocycles. The van der Waals surface area contributed by atoms with Crippen molar-refractivity contribution in [1.82, 2.24) is 14.5 Å². The van der Waals surface area contributed by atoms with Crippen LogP contribution in [0.4, 0.5) is 4.39 Å². The monoisotopic (exact) mass is 423 g/mol. The number of halogens is 1. The maximum absolute atomic E-state index is 14.1. The van der Waals surface area contributed by atoms with Gasteiger partial charge in [-0.15, -0.1) is 0 Å². The largest absolute Gasteiger partial charge is 0.384 e. The smallest absolute Gasteiger partial charge is 0.236 e. The lowest BCUT2D eigenvalue weighted by Gasteiger charge is -2.19. The van der Waals surface area contributed by atoms with E-state index in [4.69, 9.17) is 0 Å². The molecule has 29 heavy (non-hydrogen) atoms. The van der Waals surface area contributed by atoms with Gasteiger partial charge >= 0.3 is 0 Å². The van der Waals surface area contributed by atoms with Gasteiger partial charge in [0.05, 0.1) is 12.1 Å². The Hall–Kier alpha value is -2.06. The van der Waals surface area contributed by atoms with E-state index < -0.39 is 22.5 Å². The number of hydrogen-bond donors (Lipinski definition) is 2. The van der Waals surface area contributed by atoms with Crippen LogP contribution in [-0.2, 0) is 34.8 Å². The Morgan fingerprint density at radius 1 is 1.21 bits per heavy atom. The van der Waals surface area contributed by atoms with Crippen LogP contribution in [0.1, 0.15) is 75.8 Å². The number of nitrogens with zero attached hydrogens (tertiary/aromatic N) is 2. The van der Waals surface area contributed by atoms with E-state index >= 15 is 0 Å². The number of aromatic nitrogens is 2. The average Bonchev–Trinajstić information content (AvgIpc) is 2.97. The zero-order chi connectivity index (χ0) is 22.1. The van der Waals surface area contributed by atoms with Gasteiger partial charge in [-0.05, 0) is 54.5 Å². The van der Waals surface area contributed by atoms with Gasteiger partial charge in [-0.25, -0.2) is 8.60 Å². The number of hydrogen-bond acceptors (Lipinski definition) is 4. The number of amides is 1. The van der Waals surface area contributed by atoms with Crippen molar-refractivity contribution < 1.29 is 18.5 Å². The molecule has 1 aromatic heterocycles. The number of aliphatic hydroxyl groups is 1. The predicted molar refractivity (Wildman–Crippen MR) is 111 cm³/mol. The van der Waals surface area contributed by atoms with E-state index in [-0.39, 0.29) is 29.1 Å². The molecule has 2 rings (SSSR count). The topological polar surface area (TPSA) is 84.2 Å². The fourth-order valence-electron chi connectivity index (χ4n) is 3.37. The summed E-state index contributed by atoms with van der Waals surface area (Å²) in [6.45, 7) is 11.0. The van der Waals surface area contributed by atoms with Crippen molar-refractivity contribution in [3.05, 3.63) is 46.4 Å². The van der Waals surface area contributed by atoms with Crippen molar-refractivity contribution >= 4 is 16.9 Å². The number of benzene rings is 1. The third-order valence-electron chi connectivity index (χ3n) is 4.75. The Bertz CT molecular complexity index is 901. The molecule has 8 heteroatoms. The van der Waals surface area contributed by atoms with Gasteiger partial charge in [0, 0.05) is 13.1 Å². The lowest BCUT2D eigenvalue weighted by atomic mass is 9.87. The van der Waals surface area contributed by atoms with Gasteiger partial charge in [0.15, 0.2) is 16.0 Å². The highest BCUT2D eigenvalue weighted by atomic mass is 32.2. The van der Waals surface area contributed by atoms with Crippen molar-refractivity contribution in [3.8, 4) is 0 Å². The van der Waals surface area contributed by atoms with Gasteiger partial charge in [-0.2, -0.15) is 5.10 Å². The zero-order valence-corrected chi connectivity index (χ0v) is 18.9. The number of rotatable bonds is 7. The second kappa shape index (κ2) is 8.75. The fraction of sp³-hybridized carbons (Fsp3) is 0.524. The van der Waals surface area contributed by atoms with Crippen LogP contribution < -0.4 is 4.72 Å². The number of nitrogens with one attached hydrogen (secondary N) is 1. The molecule has 0 radical (unpaired) electrons. The average molecular weight is 424 g/mol. The molecule has 0 aliphatic heterocycles. The van der Waals surface area contributed by atoms with Gasteiger partial charge in [-0.1, -0.05) is 27.7 Å². The first kappa shape index (κ1) is 23.2. The summed E-state index contributed by atoms with van der Waals surface area (Å²) < 4.78 is 30.5. The molecule has 0 aliphatic carbocycles. The second-order valence-corrected chi connectivity index (χ2v) is 9.55. The first-order chi connectivity index (χ1) is 13.3. The summed E-state index contributed by atoms with van der Waals surface area (Å²) in [5, 5.41) is 14.4. The minimum atomic E-state index is -1.87. The maximum Gasteiger partial charge on any atom is 0.236 e. The summed E-state index contributed by atoms with van der Waals surface area (Å²) in [6.07, 6.45) is -0.00176. The molecule has 1 amide bonds. The predicted octanol–water partition coefficient (Wildman–Crippen LogP) is 3.41. The van der Waals surface area contributed by atoms with Crippen LogP contribution >= 0.6 is 0 Å². The minimum absolute atomic E-state index is 0.00176. The normalized spacial score (nSPS) is 13.2. The molecule has 1 unspecified atom stereocenters. The van der Waals surface area contributed by atoms with Crippen LogP contribution in [0.25, 0.3) is 0 Å². The van der Waals surface area contributed by atoms with Crippen molar-refractivity contribution in [1.29, 1.82) is 0 Å². The highest BCUT2D eigenvalue weighted by Gasteiger charge is 2.25. The molecule has 0 aliphatic rings. The SMILES string of the molecule is CC(C)c1cc(F)cc(C(C)C)c1CC(=O)NS(=O)c1cc(C(C)(C)O)n(C)n1. The second-order valence-electron chi connectivity index (χ2n) is 8.39. The standard InChI is InChI=1S/C21H30FN3O3S/c1-12(2)15-8-14(22)9-16(13(3)4)17(15)10-19(26)24-29(28)20-11-18(21(5,6)27)25(7)23-20/h8-9,11-13,27H,10H2,1-7H3,(H,24,26). The lowest BCUT2D eigenvalue weighted by Crippen LogP contribution is -2.28. The number of carbonyl (C=O) groups excluding carboxylic acids is 1. The Balaban J connectivity index is 2.27. The molecular formula is C21H30FN3O3S. The quantitative estimate of drug-likeness (QED) is 0.715. The Labute approximate surface area is 174 Å². The maximum atomic E-state index is 14.1. The molecule has 160 valence electrons. The van der Waals surface area contributed by atoms with Crippen LogP contribution in [0.15, 0.2) is 23.2 Å². The van der Waals surface area contributed by atoms with Crippen molar-refractivity contribution in [2.75, 3.05) is 0 Å². The van der Waals surface area contributed by atoms with E-state index in [1.165, 1.54) is 22.9 Å². The van der Waals surface area contributed by atoms with Gasteiger partial charge in [0.2, 0.25) is 5.91 Å². The Kier molecular flexibility index (Phi) is 7.01. The number of aryl methyl sites for hydroxylation is 1. The van der Waals surface area contributed by atoms with Crippen LogP contribution in [0, 0.1) is 5.82 Å². The molecule has 0 saturated heterocycles. The summed E-state index contributed by atoms with van der Waals surface area (Å²) in [5.74, 6) is -0.671. The highest BCUT2D eigenvalue weighted by molar-refractivity contribution is 7.83. The first-order valence-corrected chi connectivity index (χ1v) is 10.8. The fourth-order valence-corrected chi connectivity index (χ4v) is 4.17. The van der Waals surface area contributed by atoms with Crippen LogP contribution in [-0.4, -0.2) is 25.0 Å². The van der Waals surface area contributed by atoms with Crippen LogP contribution in [0.5, 0.6) is 0 Å². The summed E-state index contributed by atoms with van der Waals surface area (Å²) in [4.78, 5) is 12.6. The van der Waals surface area contributed by atoms with Gasteiger partial charge < -0.3 is 5.11 Å².